The third-order valence-corrected chi connectivity index (χ3v) is 5.21. The van der Waals surface area contributed by atoms with E-state index in [9.17, 15) is 8.42 Å². The second-order valence-electron chi connectivity index (χ2n) is 5.18. The smallest absolute Gasteiger partial charge is 0.150 e. The molecule has 0 amide bonds. The Balaban J connectivity index is 2.13. The van der Waals surface area contributed by atoms with Crippen molar-refractivity contribution < 1.29 is 8.42 Å². The monoisotopic (exact) mass is 272 g/mol. The number of sulfone groups is 1. The Morgan fingerprint density at radius 2 is 2.22 bits per heavy atom. The van der Waals surface area contributed by atoms with Crippen LogP contribution in [-0.4, -0.2) is 34.9 Å². The summed E-state index contributed by atoms with van der Waals surface area (Å²) >= 11 is 0. The molecule has 3 atom stereocenters. The van der Waals surface area contributed by atoms with E-state index in [1.165, 1.54) is 6.26 Å². The molecule has 1 aliphatic rings. The maximum Gasteiger partial charge on any atom is 0.150 e. The molecule has 3 unspecified atom stereocenters. The van der Waals surface area contributed by atoms with Gasteiger partial charge in [-0.25, -0.2) is 13.1 Å². The Kier molecular flexibility index (Phi) is 3.72. The van der Waals surface area contributed by atoms with Crippen molar-refractivity contribution >= 4 is 9.84 Å². The lowest BCUT2D eigenvalue weighted by molar-refractivity contribution is 0.324. The van der Waals surface area contributed by atoms with E-state index < -0.39 is 9.84 Å². The molecule has 0 saturated heterocycles. The van der Waals surface area contributed by atoms with Crippen molar-refractivity contribution in [1.82, 2.24) is 15.0 Å². The third-order valence-electron chi connectivity index (χ3n) is 3.57. The Labute approximate surface area is 107 Å². The van der Waals surface area contributed by atoms with Crippen molar-refractivity contribution in [2.45, 2.75) is 49.9 Å². The molecule has 18 heavy (non-hydrogen) atoms. The molecular formula is C11H20N4O2S. The van der Waals surface area contributed by atoms with Gasteiger partial charge in [0.1, 0.15) is 9.84 Å². The van der Waals surface area contributed by atoms with Gasteiger partial charge in [0.05, 0.1) is 23.2 Å². The topological polar surface area (TPSA) is 90.9 Å². The van der Waals surface area contributed by atoms with E-state index in [2.05, 4.69) is 10.3 Å². The van der Waals surface area contributed by atoms with Gasteiger partial charge in [-0.2, -0.15) is 0 Å². The van der Waals surface area contributed by atoms with Gasteiger partial charge in [0.2, 0.25) is 0 Å². The standard InChI is InChI=1S/C11H20N4O2S/c1-8(12)11-7-15(14-13-11)9-4-3-5-10(6-9)18(2,16)17/h7-10H,3-6,12H2,1-2H3. The number of rotatable bonds is 3. The molecule has 1 aromatic heterocycles. The number of aromatic nitrogens is 3. The van der Waals surface area contributed by atoms with Crippen molar-refractivity contribution in [3.05, 3.63) is 11.9 Å². The summed E-state index contributed by atoms with van der Waals surface area (Å²) in [6, 6.07) is -0.0217. The fraction of sp³-hybridized carbons (Fsp3) is 0.818. The van der Waals surface area contributed by atoms with Crippen LogP contribution in [0.25, 0.3) is 0 Å². The summed E-state index contributed by atoms with van der Waals surface area (Å²) in [4.78, 5) is 0. The maximum absolute atomic E-state index is 11.6. The second-order valence-corrected chi connectivity index (χ2v) is 7.51. The predicted octanol–water partition coefficient (Wildman–Crippen LogP) is 0.826. The molecule has 0 aliphatic heterocycles. The van der Waals surface area contributed by atoms with E-state index in [4.69, 9.17) is 5.73 Å². The van der Waals surface area contributed by atoms with Crippen LogP contribution >= 0.6 is 0 Å². The highest BCUT2D eigenvalue weighted by Gasteiger charge is 2.30. The number of nitrogens with two attached hydrogens (primary N) is 1. The van der Waals surface area contributed by atoms with Gasteiger partial charge < -0.3 is 5.73 Å². The molecular weight excluding hydrogens is 252 g/mol. The van der Waals surface area contributed by atoms with Gasteiger partial charge in [0, 0.05) is 12.3 Å². The molecule has 1 heterocycles. The highest BCUT2D eigenvalue weighted by atomic mass is 32.2. The largest absolute Gasteiger partial charge is 0.323 e. The van der Waals surface area contributed by atoms with Crippen molar-refractivity contribution in [2.24, 2.45) is 5.73 Å². The van der Waals surface area contributed by atoms with Gasteiger partial charge in [-0.05, 0) is 26.2 Å². The van der Waals surface area contributed by atoms with Crippen LogP contribution in [0.1, 0.15) is 50.4 Å². The van der Waals surface area contributed by atoms with Gasteiger partial charge in [0.25, 0.3) is 0 Å². The highest BCUT2D eigenvalue weighted by molar-refractivity contribution is 7.91. The predicted molar refractivity (Wildman–Crippen MR) is 68.8 cm³/mol. The Morgan fingerprint density at radius 3 is 2.78 bits per heavy atom. The van der Waals surface area contributed by atoms with Gasteiger partial charge >= 0.3 is 0 Å². The highest BCUT2D eigenvalue weighted by Crippen LogP contribution is 2.31. The van der Waals surface area contributed by atoms with Gasteiger partial charge in [0.15, 0.2) is 0 Å². The lowest BCUT2D eigenvalue weighted by atomic mass is 9.95. The zero-order chi connectivity index (χ0) is 13.3. The first-order valence-electron chi connectivity index (χ1n) is 6.24. The van der Waals surface area contributed by atoms with E-state index in [1.54, 1.807) is 4.68 Å². The maximum atomic E-state index is 11.6. The minimum atomic E-state index is -2.96. The first kappa shape index (κ1) is 13.5. The summed E-state index contributed by atoms with van der Waals surface area (Å²) in [7, 11) is -2.96. The summed E-state index contributed by atoms with van der Waals surface area (Å²) in [6.45, 7) is 1.86. The fourth-order valence-electron chi connectivity index (χ4n) is 2.43. The minimum absolute atomic E-state index is 0.124. The molecule has 7 heteroatoms. The van der Waals surface area contributed by atoms with Gasteiger partial charge in [-0.15, -0.1) is 5.10 Å². The molecule has 0 aromatic carbocycles. The van der Waals surface area contributed by atoms with Crippen molar-refractivity contribution in [3.63, 3.8) is 0 Å². The average molecular weight is 272 g/mol. The second kappa shape index (κ2) is 4.97. The third kappa shape index (κ3) is 2.89. The molecule has 1 aromatic rings. The molecule has 2 N–H and O–H groups in total. The first-order valence-corrected chi connectivity index (χ1v) is 8.19. The number of nitrogens with zero attached hydrogens (tertiary/aromatic N) is 3. The van der Waals surface area contributed by atoms with Crippen LogP contribution in [0.15, 0.2) is 6.20 Å². The zero-order valence-corrected chi connectivity index (χ0v) is 11.6. The molecule has 0 bridgehead atoms. The average Bonchev–Trinajstić information content (AvgIpc) is 2.77. The molecule has 102 valence electrons. The number of hydrogen-bond acceptors (Lipinski definition) is 5. The molecule has 1 fully saturated rings. The Bertz CT molecular complexity index is 509. The van der Waals surface area contributed by atoms with Crippen molar-refractivity contribution in [2.75, 3.05) is 6.26 Å². The van der Waals surface area contributed by atoms with Crippen LogP contribution in [-0.2, 0) is 9.84 Å². The zero-order valence-electron chi connectivity index (χ0n) is 10.8. The molecule has 1 saturated carbocycles. The number of hydrogen-bond donors (Lipinski definition) is 1. The minimum Gasteiger partial charge on any atom is -0.323 e. The van der Waals surface area contributed by atoms with E-state index in [0.29, 0.717) is 6.42 Å². The van der Waals surface area contributed by atoms with E-state index in [0.717, 1.165) is 25.0 Å². The summed E-state index contributed by atoms with van der Waals surface area (Å²) in [5.74, 6) is 0. The lowest BCUT2D eigenvalue weighted by Crippen LogP contribution is -2.29. The van der Waals surface area contributed by atoms with Crippen LogP contribution in [0.5, 0.6) is 0 Å². The normalized spacial score (nSPS) is 27.1. The summed E-state index contributed by atoms with van der Waals surface area (Å²) in [5, 5.41) is 7.84. The fourth-order valence-corrected chi connectivity index (χ4v) is 3.59. The van der Waals surface area contributed by atoms with Gasteiger partial charge in [-0.3, -0.25) is 0 Å². The van der Waals surface area contributed by atoms with Gasteiger partial charge in [-0.1, -0.05) is 11.6 Å². The van der Waals surface area contributed by atoms with E-state index in [1.807, 2.05) is 13.1 Å². The Hall–Kier alpha value is -0.950. The summed E-state index contributed by atoms with van der Waals surface area (Å²) in [6.07, 6.45) is 6.39. The molecule has 1 aliphatic carbocycles. The van der Waals surface area contributed by atoms with E-state index >= 15 is 0 Å². The van der Waals surface area contributed by atoms with Crippen molar-refractivity contribution in [3.8, 4) is 0 Å². The lowest BCUT2D eigenvalue weighted by Gasteiger charge is -2.27. The van der Waals surface area contributed by atoms with Crippen LogP contribution < -0.4 is 5.73 Å². The van der Waals surface area contributed by atoms with Crippen molar-refractivity contribution in [1.29, 1.82) is 0 Å². The van der Waals surface area contributed by atoms with Crippen LogP contribution in [0.3, 0.4) is 0 Å². The Morgan fingerprint density at radius 1 is 1.50 bits per heavy atom. The van der Waals surface area contributed by atoms with Crippen LogP contribution in [0, 0.1) is 0 Å². The van der Waals surface area contributed by atoms with Crippen LogP contribution in [0.4, 0.5) is 0 Å². The summed E-state index contributed by atoms with van der Waals surface area (Å²) in [5.41, 5.74) is 6.49. The quantitative estimate of drug-likeness (QED) is 0.880. The van der Waals surface area contributed by atoms with E-state index in [-0.39, 0.29) is 17.3 Å². The van der Waals surface area contributed by atoms with Crippen LogP contribution in [0.2, 0.25) is 0 Å². The molecule has 6 nitrogen and oxygen atoms in total. The molecule has 2 rings (SSSR count). The molecule has 0 radical (unpaired) electrons. The molecule has 0 spiro atoms. The SMILES string of the molecule is CC(N)c1cn(C2CCCC(S(C)(=O)=O)C2)nn1. The first-order chi connectivity index (χ1) is 8.38. The summed E-state index contributed by atoms with van der Waals surface area (Å²) < 4.78 is 25.0.